The summed E-state index contributed by atoms with van der Waals surface area (Å²) >= 11 is 3.83. The first-order valence-electron chi connectivity index (χ1n) is 3.69. The maximum atomic E-state index is 8.55. The van der Waals surface area contributed by atoms with Crippen molar-refractivity contribution < 1.29 is 5.11 Å². The molecule has 0 radical (unpaired) electrons. The molecule has 0 heterocycles. The van der Waals surface area contributed by atoms with Gasteiger partial charge >= 0.3 is 0 Å². The summed E-state index contributed by atoms with van der Waals surface area (Å²) in [5.74, 6) is 2.06. The lowest BCUT2D eigenvalue weighted by atomic mass is 10.6. The topological polar surface area (TPSA) is 20.2 Å². The van der Waals surface area contributed by atoms with Crippen molar-refractivity contribution in [1.82, 2.24) is 0 Å². The minimum atomic E-state index is 0.311. The summed E-state index contributed by atoms with van der Waals surface area (Å²) in [5.41, 5.74) is 0. The van der Waals surface area contributed by atoms with Gasteiger partial charge in [0.15, 0.2) is 0 Å². The van der Waals surface area contributed by atoms with E-state index in [1.807, 2.05) is 23.5 Å². The van der Waals surface area contributed by atoms with Gasteiger partial charge in [-0.1, -0.05) is 13.8 Å². The van der Waals surface area contributed by atoms with Crippen LogP contribution in [0.15, 0.2) is 0 Å². The van der Waals surface area contributed by atoms with Crippen molar-refractivity contribution in [3.05, 3.63) is 0 Å². The smallest absolute Gasteiger partial charge is 0.0522 e. The van der Waals surface area contributed by atoms with Gasteiger partial charge in [-0.05, 0) is 12.2 Å². The standard InChI is InChI=1S/C7H16OS2/c1-3-7(9-4-2)10-6-5-8/h7-8H,3-6H2,1-2H3. The lowest BCUT2D eigenvalue weighted by molar-refractivity contribution is 0.322. The number of thioether (sulfide) groups is 2. The van der Waals surface area contributed by atoms with E-state index in [-0.39, 0.29) is 0 Å². The van der Waals surface area contributed by atoms with Crippen molar-refractivity contribution in [2.24, 2.45) is 0 Å². The Morgan fingerprint density at radius 3 is 2.40 bits per heavy atom. The molecule has 0 saturated heterocycles. The summed E-state index contributed by atoms with van der Waals surface area (Å²) in [7, 11) is 0. The number of hydrogen-bond acceptors (Lipinski definition) is 3. The van der Waals surface area contributed by atoms with E-state index >= 15 is 0 Å². The molecule has 3 heteroatoms. The molecular weight excluding hydrogens is 164 g/mol. The minimum Gasteiger partial charge on any atom is -0.396 e. The van der Waals surface area contributed by atoms with Crippen molar-refractivity contribution in [3.63, 3.8) is 0 Å². The molecule has 0 amide bonds. The first-order valence-corrected chi connectivity index (χ1v) is 5.78. The molecule has 1 nitrogen and oxygen atoms in total. The van der Waals surface area contributed by atoms with E-state index in [0.717, 1.165) is 5.75 Å². The predicted molar refractivity (Wildman–Crippen MR) is 51.8 cm³/mol. The summed E-state index contributed by atoms with van der Waals surface area (Å²) in [5, 5.41) is 8.55. The maximum absolute atomic E-state index is 8.55. The zero-order valence-electron chi connectivity index (χ0n) is 6.67. The highest BCUT2D eigenvalue weighted by Gasteiger charge is 2.03. The second-order valence-electron chi connectivity index (χ2n) is 1.89. The molecule has 0 aromatic rings. The van der Waals surface area contributed by atoms with Crippen LogP contribution in [0, 0.1) is 0 Å². The molecule has 0 saturated carbocycles. The highest BCUT2D eigenvalue weighted by atomic mass is 32.2. The SMILES string of the molecule is CCSC(CC)SCCO. The molecule has 1 N–H and O–H groups in total. The van der Waals surface area contributed by atoms with Gasteiger partial charge in [0.25, 0.3) is 0 Å². The quantitative estimate of drug-likeness (QED) is 0.633. The molecule has 0 rings (SSSR count). The Bertz CT molecular complexity index is 68.6. The first-order chi connectivity index (χ1) is 4.85. The maximum Gasteiger partial charge on any atom is 0.0522 e. The van der Waals surface area contributed by atoms with E-state index in [1.165, 1.54) is 12.2 Å². The van der Waals surface area contributed by atoms with Crippen LogP contribution < -0.4 is 0 Å². The molecule has 0 fully saturated rings. The monoisotopic (exact) mass is 180 g/mol. The number of aliphatic hydroxyl groups is 1. The van der Waals surface area contributed by atoms with Crippen LogP contribution in [0.25, 0.3) is 0 Å². The second kappa shape index (κ2) is 7.76. The van der Waals surface area contributed by atoms with Crippen LogP contribution in [0.4, 0.5) is 0 Å². The molecule has 0 spiro atoms. The average molecular weight is 180 g/mol. The van der Waals surface area contributed by atoms with Gasteiger partial charge in [-0.25, -0.2) is 0 Å². The summed E-state index contributed by atoms with van der Waals surface area (Å²) in [6, 6.07) is 0. The molecule has 0 bridgehead atoms. The lowest BCUT2D eigenvalue weighted by Crippen LogP contribution is -1.98. The van der Waals surface area contributed by atoms with Crippen LogP contribution in [0.5, 0.6) is 0 Å². The largest absolute Gasteiger partial charge is 0.396 e. The molecule has 0 aliphatic carbocycles. The van der Waals surface area contributed by atoms with Gasteiger partial charge in [0.2, 0.25) is 0 Å². The van der Waals surface area contributed by atoms with Crippen molar-refractivity contribution in [3.8, 4) is 0 Å². The average Bonchev–Trinajstić information content (AvgIpc) is 1.98. The first kappa shape index (κ1) is 10.7. The van der Waals surface area contributed by atoms with Crippen LogP contribution >= 0.6 is 23.5 Å². The zero-order valence-corrected chi connectivity index (χ0v) is 8.30. The zero-order chi connectivity index (χ0) is 7.82. The van der Waals surface area contributed by atoms with Crippen molar-refractivity contribution in [1.29, 1.82) is 0 Å². The highest BCUT2D eigenvalue weighted by Crippen LogP contribution is 2.25. The summed E-state index contributed by atoms with van der Waals surface area (Å²) in [4.78, 5) is 0. The Balaban J connectivity index is 3.21. The van der Waals surface area contributed by atoms with E-state index in [4.69, 9.17) is 5.11 Å². The third kappa shape index (κ3) is 5.45. The van der Waals surface area contributed by atoms with Crippen molar-refractivity contribution in [2.75, 3.05) is 18.1 Å². The molecule has 0 aliphatic rings. The van der Waals surface area contributed by atoms with Gasteiger partial charge in [0, 0.05) is 5.75 Å². The molecule has 0 aromatic carbocycles. The molecule has 0 aliphatic heterocycles. The molecule has 1 unspecified atom stereocenters. The minimum absolute atomic E-state index is 0.311. The van der Waals surface area contributed by atoms with Crippen LogP contribution in [0.1, 0.15) is 20.3 Å². The van der Waals surface area contributed by atoms with Crippen LogP contribution in [0.3, 0.4) is 0 Å². The van der Waals surface area contributed by atoms with E-state index in [0.29, 0.717) is 11.2 Å². The molecule has 62 valence electrons. The second-order valence-corrected chi connectivity index (χ2v) is 4.98. The third-order valence-corrected chi connectivity index (χ3v) is 4.06. The summed E-state index contributed by atoms with van der Waals surface area (Å²) < 4.78 is 0.692. The fourth-order valence-corrected chi connectivity index (χ4v) is 2.95. The fraction of sp³-hybridized carbons (Fsp3) is 1.00. The molecule has 0 aromatic heterocycles. The van der Waals surface area contributed by atoms with Gasteiger partial charge in [-0.15, -0.1) is 23.5 Å². The Morgan fingerprint density at radius 1 is 1.30 bits per heavy atom. The Hall–Kier alpha value is 0.660. The molecule has 10 heavy (non-hydrogen) atoms. The Kier molecular flexibility index (Phi) is 8.28. The predicted octanol–water partition coefficient (Wildman–Crippen LogP) is 2.20. The van der Waals surface area contributed by atoms with Gasteiger partial charge in [-0.2, -0.15) is 0 Å². The van der Waals surface area contributed by atoms with Crippen LogP contribution in [-0.2, 0) is 0 Å². The van der Waals surface area contributed by atoms with E-state index < -0.39 is 0 Å². The Morgan fingerprint density at radius 2 is 2.00 bits per heavy atom. The van der Waals surface area contributed by atoms with E-state index in [1.54, 1.807) is 0 Å². The summed E-state index contributed by atoms with van der Waals surface area (Å²) in [6.07, 6.45) is 1.20. The fourth-order valence-electron chi connectivity index (χ4n) is 0.654. The van der Waals surface area contributed by atoms with Gasteiger partial charge < -0.3 is 5.11 Å². The van der Waals surface area contributed by atoms with Gasteiger partial charge in [0.05, 0.1) is 11.2 Å². The highest BCUT2D eigenvalue weighted by molar-refractivity contribution is 8.17. The lowest BCUT2D eigenvalue weighted by Gasteiger charge is -2.11. The van der Waals surface area contributed by atoms with Crippen LogP contribution in [-0.4, -0.2) is 27.8 Å². The van der Waals surface area contributed by atoms with E-state index in [2.05, 4.69) is 13.8 Å². The number of aliphatic hydroxyl groups excluding tert-OH is 1. The van der Waals surface area contributed by atoms with Gasteiger partial charge in [0.1, 0.15) is 0 Å². The third-order valence-electron chi connectivity index (χ3n) is 1.08. The van der Waals surface area contributed by atoms with Crippen molar-refractivity contribution in [2.45, 2.75) is 24.9 Å². The number of hydrogen-bond donors (Lipinski definition) is 1. The molecular formula is C7H16OS2. The van der Waals surface area contributed by atoms with Crippen LogP contribution in [0.2, 0.25) is 0 Å². The summed E-state index contributed by atoms with van der Waals surface area (Å²) in [6.45, 7) is 4.68. The van der Waals surface area contributed by atoms with Crippen molar-refractivity contribution >= 4 is 23.5 Å². The molecule has 1 atom stereocenters. The van der Waals surface area contributed by atoms with Gasteiger partial charge in [-0.3, -0.25) is 0 Å². The number of rotatable bonds is 6. The van der Waals surface area contributed by atoms with E-state index in [9.17, 15) is 0 Å². The Labute approximate surface area is 72.0 Å². The normalized spacial score (nSPS) is 13.5.